The number of nitrogens with two attached hydrogens (primary N) is 1. The Balaban J connectivity index is 1.30. The number of carbonyl (C=O) groups excluding carboxylic acids is 1. The summed E-state index contributed by atoms with van der Waals surface area (Å²) in [7, 11) is 2.25. The van der Waals surface area contributed by atoms with E-state index < -0.39 is 0 Å². The molecule has 4 nitrogen and oxygen atoms in total. The minimum absolute atomic E-state index is 0.150. The first-order valence-electron chi connectivity index (χ1n) is 15.9. The zero-order valence-corrected chi connectivity index (χ0v) is 24.9. The fourth-order valence-electron chi connectivity index (χ4n) is 10.6. The lowest BCUT2D eigenvalue weighted by molar-refractivity contribution is -0.143. The molecule has 1 aromatic carbocycles. The Morgan fingerprint density at radius 1 is 1.11 bits per heavy atom. The second-order valence-electron chi connectivity index (χ2n) is 14.5. The van der Waals surface area contributed by atoms with E-state index in [1.54, 1.807) is 6.92 Å². The zero-order chi connectivity index (χ0) is 27.1. The van der Waals surface area contributed by atoms with Gasteiger partial charge in [-0.2, -0.15) is 0 Å². The number of benzene rings is 1. The standard InChI is InChI=1S/C34H55N3O/c1-23(12-11-19-37(5)22-25-13-7-6-8-14-25)27-16-17-28-32-29(21-31(34(27,28)4)36-24(2)38)33(3)18-10-9-15-26(33)20-30(32)35/h6-8,13-14,23,26-32H,9-12,15-22,35H2,1-5H3,(H,36,38)/t23-,26?,27?,28+,29?,30-,31+,32?,33?,34?/m1/s1. The summed E-state index contributed by atoms with van der Waals surface area (Å²) in [6.07, 6.45) is 12.9. The van der Waals surface area contributed by atoms with Crippen LogP contribution in [0.3, 0.4) is 0 Å². The molecule has 4 saturated carbocycles. The highest BCUT2D eigenvalue weighted by atomic mass is 16.1. The molecule has 6 unspecified atom stereocenters. The van der Waals surface area contributed by atoms with Crippen LogP contribution in [0.1, 0.15) is 97.5 Å². The predicted octanol–water partition coefficient (Wildman–Crippen LogP) is 6.64. The molecule has 0 radical (unpaired) electrons. The molecular weight excluding hydrogens is 466 g/mol. The van der Waals surface area contributed by atoms with Crippen LogP contribution in [-0.2, 0) is 11.3 Å². The van der Waals surface area contributed by atoms with Crippen molar-refractivity contribution in [3.05, 3.63) is 35.9 Å². The van der Waals surface area contributed by atoms with E-state index in [-0.39, 0.29) is 17.4 Å². The summed E-state index contributed by atoms with van der Waals surface area (Å²) in [5.41, 5.74) is 9.07. The Labute approximate surface area is 232 Å². The summed E-state index contributed by atoms with van der Waals surface area (Å²) >= 11 is 0. The maximum absolute atomic E-state index is 12.6. The van der Waals surface area contributed by atoms with Gasteiger partial charge in [0.05, 0.1) is 0 Å². The fourth-order valence-corrected chi connectivity index (χ4v) is 10.6. The minimum Gasteiger partial charge on any atom is -0.353 e. The maximum Gasteiger partial charge on any atom is 0.217 e. The molecule has 3 N–H and O–H groups in total. The van der Waals surface area contributed by atoms with Crippen LogP contribution in [-0.4, -0.2) is 36.5 Å². The number of hydrogen-bond acceptors (Lipinski definition) is 3. The molecule has 0 spiro atoms. The van der Waals surface area contributed by atoms with Gasteiger partial charge in [-0.3, -0.25) is 4.79 Å². The molecule has 0 heterocycles. The third-order valence-electron chi connectivity index (χ3n) is 12.5. The van der Waals surface area contributed by atoms with Crippen molar-refractivity contribution in [3.8, 4) is 0 Å². The van der Waals surface area contributed by atoms with Crippen molar-refractivity contribution in [2.75, 3.05) is 13.6 Å². The largest absolute Gasteiger partial charge is 0.353 e. The van der Waals surface area contributed by atoms with Crippen LogP contribution in [0.2, 0.25) is 0 Å². The smallest absolute Gasteiger partial charge is 0.217 e. The van der Waals surface area contributed by atoms with Crippen LogP contribution in [0.25, 0.3) is 0 Å². The van der Waals surface area contributed by atoms with Crippen molar-refractivity contribution in [2.45, 2.75) is 111 Å². The lowest BCUT2D eigenvalue weighted by Gasteiger charge is -2.64. The second kappa shape index (κ2) is 11.2. The molecule has 0 aromatic heterocycles. The minimum atomic E-state index is 0.150. The number of hydrogen-bond donors (Lipinski definition) is 2. The third-order valence-corrected chi connectivity index (χ3v) is 12.5. The highest BCUT2D eigenvalue weighted by Gasteiger charge is 2.65. The average molecular weight is 522 g/mol. The normalized spacial score (nSPS) is 41.2. The van der Waals surface area contributed by atoms with Crippen LogP contribution in [0, 0.1) is 46.3 Å². The third kappa shape index (κ3) is 5.09. The number of nitrogens with one attached hydrogen (secondary N) is 1. The van der Waals surface area contributed by atoms with E-state index >= 15 is 0 Å². The number of fused-ring (bicyclic) bond motifs is 5. The van der Waals surface area contributed by atoms with Gasteiger partial charge < -0.3 is 16.0 Å². The second-order valence-corrected chi connectivity index (χ2v) is 14.5. The van der Waals surface area contributed by atoms with Gasteiger partial charge in [0.1, 0.15) is 0 Å². The van der Waals surface area contributed by atoms with Gasteiger partial charge in [0.15, 0.2) is 0 Å². The van der Waals surface area contributed by atoms with Crippen molar-refractivity contribution < 1.29 is 4.79 Å². The monoisotopic (exact) mass is 521 g/mol. The van der Waals surface area contributed by atoms with E-state index in [4.69, 9.17) is 5.73 Å². The molecule has 0 aliphatic heterocycles. The first kappa shape index (κ1) is 28.1. The van der Waals surface area contributed by atoms with E-state index in [2.05, 4.69) is 68.4 Å². The van der Waals surface area contributed by atoms with Crippen molar-refractivity contribution in [1.29, 1.82) is 0 Å². The van der Waals surface area contributed by atoms with Crippen LogP contribution >= 0.6 is 0 Å². The average Bonchev–Trinajstić information content (AvgIpc) is 3.23. The molecule has 1 amide bonds. The van der Waals surface area contributed by atoms with Gasteiger partial charge >= 0.3 is 0 Å². The summed E-state index contributed by atoms with van der Waals surface area (Å²) in [5, 5.41) is 3.55. The van der Waals surface area contributed by atoms with Gasteiger partial charge in [0.25, 0.3) is 0 Å². The summed E-state index contributed by atoms with van der Waals surface area (Å²) in [6.45, 7) is 11.6. The van der Waals surface area contributed by atoms with Crippen LogP contribution < -0.4 is 11.1 Å². The zero-order valence-electron chi connectivity index (χ0n) is 24.9. The van der Waals surface area contributed by atoms with E-state index in [0.717, 1.165) is 25.4 Å². The number of nitrogens with zero attached hydrogens (tertiary/aromatic N) is 1. The maximum atomic E-state index is 12.6. The summed E-state index contributed by atoms with van der Waals surface area (Å²) in [5.74, 6) is 4.18. The highest BCUT2D eigenvalue weighted by Crippen LogP contribution is 2.68. The van der Waals surface area contributed by atoms with E-state index in [1.165, 1.54) is 63.4 Å². The van der Waals surface area contributed by atoms with Crippen LogP contribution in [0.15, 0.2) is 30.3 Å². The molecular formula is C34H55N3O. The molecule has 4 aliphatic carbocycles. The molecule has 4 fully saturated rings. The van der Waals surface area contributed by atoms with Crippen molar-refractivity contribution in [1.82, 2.24) is 10.2 Å². The molecule has 0 bridgehead atoms. The predicted molar refractivity (Wildman–Crippen MR) is 157 cm³/mol. The topological polar surface area (TPSA) is 58.4 Å². The van der Waals surface area contributed by atoms with Gasteiger partial charge in [-0.15, -0.1) is 0 Å². The Morgan fingerprint density at radius 2 is 1.87 bits per heavy atom. The van der Waals surface area contributed by atoms with E-state index in [0.29, 0.717) is 41.0 Å². The van der Waals surface area contributed by atoms with Gasteiger partial charge in [-0.1, -0.05) is 63.9 Å². The lowest BCUT2D eigenvalue weighted by atomic mass is 9.42. The SMILES string of the molecule is CC(=O)N[C@H]1CC2C([C@H](N)CC3CCCCC32C)[C@@H]2CCC([C@H](C)CCCN(C)Cc3ccccc3)C12C. The summed E-state index contributed by atoms with van der Waals surface area (Å²) in [6, 6.07) is 11.4. The van der Waals surface area contributed by atoms with Crippen LogP contribution in [0.4, 0.5) is 0 Å². The Bertz CT molecular complexity index is 950. The quantitative estimate of drug-likeness (QED) is 0.403. The van der Waals surface area contributed by atoms with Gasteiger partial charge in [-0.05, 0) is 117 Å². The first-order valence-corrected chi connectivity index (χ1v) is 15.9. The first-order chi connectivity index (χ1) is 18.1. The van der Waals surface area contributed by atoms with Crippen molar-refractivity contribution in [2.24, 2.45) is 52.1 Å². The molecule has 1 aromatic rings. The number of rotatable bonds is 8. The molecule has 4 heteroatoms. The van der Waals surface area contributed by atoms with E-state index in [9.17, 15) is 4.79 Å². The Hall–Kier alpha value is -1.39. The van der Waals surface area contributed by atoms with Crippen molar-refractivity contribution in [3.63, 3.8) is 0 Å². The fraction of sp³-hybridized carbons (Fsp3) is 0.794. The molecule has 0 saturated heterocycles. The van der Waals surface area contributed by atoms with Crippen molar-refractivity contribution >= 4 is 5.91 Å². The highest BCUT2D eigenvalue weighted by molar-refractivity contribution is 5.73. The Kier molecular flexibility index (Phi) is 8.32. The van der Waals surface area contributed by atoms with Gasteiger partial charge in [0, 0.05) is 25.6 Å². The lowest BCUT2D eigenvalue weighted by Crippen LogP contribution is -2.66. The molecule has 4 aliphatic rings. The molecule has 212 valence electrons. The molecule has 5 rings (SSSR count). The van der Waals surface area contributed by atoms with E-state index in [1.807, 2.05) is 0 Å². The van der Waals surface area contributed by atoms with Crippen LogP contribution in [0.5, 0.6) is 0 Å². The molecule has 38 heavy (non-hydrogen) atoms. The van der Waals surface area contributed by atoms with Gasteiger partial charge in [-0.25, -0.2) is 0 Å². The summed E-state index contributed by atoms with van der Waals surface area (Å²) in [4.78, 5) is 15.0. The number of amides is 1. The summed E-state index contributed by atoms with van der Waals surface area (Å²) < 4.78 is 0. The Morgan fingerprint density at radius 3 is 2.61 bits per heavy atom. The molecule has 10 atom stereocenters. The number of carbonyl (C=O) groups is 1. The van der Waals surface area contributed by atoms with Gasteiger partial charge in [0.2, 0.25) is 5.91 Å².